The van der Waals surface area contributed by atoms with Crippen LogP contribution >= 0.6 is 0 Å². The Morgan fingerprint density at radius 3 is 2.14 bits per heavy atom. The Morgan fingerprint density at radius 2 is 1.82 bits per heavy atom. The van der Waals surface area contributed by atoms with Crippen LogP contribution in [0.1, 0.15) is 11.1 Å². The van der Waals surface area contributed by atoms with Crippen molar-refractivity contribution in [1.29, 1.82) is 5.26 Å². The van der Waals surface area contributed by atoms with Crippen molar-refractivity contribution in [2.24, 2.45) is 0 Å². The van der Waals surface area contributed by atoms with Gasteiger partial charge in [-0.3, -0.25) is 4.79 Å². The monoisotopic (exact) mass is 323 g/mol. The van der Waals surface area contributed by atoms with E-state index in [2.05, 4.69) is 0 Å². The minimum Gasteiger partial charge on any atom is -0.495 e. The first-order chi connectivity index (χ1) is 10.0. The largest absolute Gasteiger partial charge is 0.495 e. The lowest BCUT2D eigenvalue weighted by molar-refractivity contribution is -0.192. The van der Waals surface area contributed by atoms with E-state index in [1.165, 1.54) is 13.2 Å². The molecule has 0 aliphatic heterocycles. The third-order valence-corrected chi connectivity index (χ3v) is 2.07. The van der Waals surface area contributed by atoms with Gasteiger partial charge in [0.1, 0.15) is 17.6 Å². The maximum Gasteiger partial charge on any atom is 0.490 e. The van der Waals surface area contributed by atoms with Crippen LogP contribution in [0.2, 0.25) is 0 Å². The maximum absolute atomic E-state index is 13.2. The summed E-state index contributed by atoms with van der Waals surface area (Å²) in [6.45, 7) is 0. The fourth-order valence-electron chi connectivity index (χ4n) is 1.15. The van der Waals surface area contributed by atoms with Crippen molar-refractivity contribution in [3.05, 3.63) is 29.1 Å². The summed E-state index contributed by atoms with van der Waals surface area (Å²) in [5.41, 5.74) is 0.0440. The Bertz CT molecular complexity index is 607. The number of nitrogens with zero attached hydrogens (tertiary/aromatic N) is 1. The highest BCUT2D eigenvalue weighted by Crippen LogP contribution is 2.22. The van der Waals surface area contributed by atoms with Gasteiger partial charge in [0.15, 0.2) is 0 Å². The van der Waals surface area contributed by atoms with Crippen LogP contribution in [-0.4, -0.2) is 35.4 Å². The number of nitriles is 1. The Labute approximate surface area is 121 Å². The maximum atomic E-state index is 13.2. The van der Waals surface area contributed by atoms with Crippen LogP contribution in [0.3, 0.4) is 0 Å². The molecule has 22 heavy (non-hydrogen) atoms. The molecule has 0 fully saturated rings. The molecule has 0 unspecified atom stereocenters. The van der Waals surface area contributed by atoms with E-state index in [9.17, 15) is 22.4 Å². The number of benzene rings is 1. The van der Waals surface area contributed by atoms with Crippen LogP contribution in [0.15, 0.2) is 12.1 Å². The first-order valence-corrected chi connectivity index (χ1v) is 5.31. The second-order valence-corrected chi connectivity index (χ2v) is 3.63. The number of aliphatic carboxylic acids is 2. The van der Waals surface area contributed by atoms with Gasteiger partial charge in [0, 0.05) is 5.56 Å². The van der Waals surface area contributed by atoms with Gasteiger partial charge in [-0.05, 0) is 12.1 Å². The topological polar surface area (TPSA) is 108 Å². The van der Waals surface area contributed by atoms with Gasteiger partial charge in [0.25, 0.3) is 0 Å². The summed E-state index contributed by atoms with van der Waals surface area (Å²) in [5.74, 6) is -4.43. The smallest absolute Gasteiger partial charge is 0.490 e. The molecule has 0 atom stereocenters. The van der Waals surface area contributed by atoms with Gasteiger partial charge < -0.3 is 14.9 Å². The number of hydrogen-bond donors (Lipinski definition) is 2. The molecule has 120 valence electrons. The fourth-order valence-corrected chi connectivity index (χ4v) is 1.15. The molecule has 0 radical (unpaired) electrons. The molecule has 0 aromatic heterocycles. The number of carboxylic acids is 2. The number of carboxylic acid groups (broad SMARTS) is 2. The van der Waals surface area contributed by atoms with E-state index in [4.69, 9.17) is 25.0 Å². The molecule has 2 N–H and O–H groups in total. The Morgan fingerprint density at radius 1 is 1.32 bits per heavy atom. The second kappa shape index (κ2) is 7.82. The van der Waals surface area contributed by atoms with Gasteiger partial charge >= 0.3 is 18.1 Å². The van der Waals surface area contributed by atoms with Gasteiger partial charge in [0.05, 0.1) is 19.1 Å². The van der Waals surface area contributed by atoms with Gasteiger partial charge in [0.2, 0.25) is 0 Å². The van der Waals surface area contributed by atoms with Crippen LogP contribution in [-0.2, 0) is 16.0 Å². The van der Waals surface area contributed by atoms with E-state index < -0.39 is 30.4 Å². The molecule has 0 bridgehead atoms. The molecule has 10 heteroatoms. The molecule has 0 aliphatic rings. The number of alkyl halides is 3. The predicted molar refractivity (Wildman–Crippen MR) is 62.7 cm³/mol. The number of methoxy groups -OCH3 is 1. The summed E-state index contributed by atoms with van der Waals surface area (Å²) < 4.78 is 49.8. The highest BCUT2D eigenvalue weighted by Gasteiger charge is 2.38. The molecule has 0 heterocycles. The molecule has 0 saturated carbocycles. The summed E-state index contributed by atoms with van der Waals surface area (Å²) in [6, 6.07) is 3.95. The molecular weight excluding hydrogens is 314 g/mol. The third kappa shape index (κ3) is 6.08. The zero-order chi connectivity index (χ0) is 17.5. The first-order valence-electron chi connectivity index (χ1n) is 5.31. The zero-order valence-corrected chi connectivity index (χ0v) is 10.9. The van der Waals surface area contributed by atoms with Crippen LogP contribution in [0.4, 0.5) is 17.6 Å². The molecule has 0 amide bonds. The molecule has 6 nitrogen and oxygen atoms in total. The van der Waals surface area contributed by atoms with Crippen molar-refractivity contribution in [1.82, 2.24) is 0 Å². The van der Waals surface area contributed by atoms with E-state index in [-0.39, 0.29) is 16.9 Å². The normalized spacial score (nSPS) is 10.0. The van der Waals surface area contributed by atoms with Gasteiger partial charge in [-0.25, -0.2) is 9.18 Å². The summed E-state index contributed by atoms with van der Waals surface area (Å²) in [6.07, 6.45) is -5.52. The van der Waals surface area contributed by atoms with E-state index >= 15 is 0 Å². The van der Waals surface area contributed by atoms with Crippen LogP contribution in [0.5, 0.6) is 5.75 Å². The molecule has 0 saturated heterocycles. The summed E-state index contributed by atoms with van der Waals surface area (Å²) in [7, 11) is 1.33. The van der Waals surface area contributed by atoms with Crippen molar-refractivity contribution in [2.75, 3.05) is 7.11 Å². The van der Waals surface area contributed by atoms with Gasteiger partial charge in [-0.1, -0.05) is 0 Å². The second-order valence-electron chi connectivity index (χ2n) is 3.63. The van der Waals surface area contributed by atoms with Gasteiger partial charge in [-0.15, -0.1) is 0 Å². The highest BCUT2D eigenvalue weighted by atomic mass is 19.4. The number of carbonyl (C=O) groups is 2. The molecule has 1 aromatic carbocycles. The Kier molecular flexibility index (Phi) is 6.82. The molecule has 1 aromatic rings. The van der Waals surface area contributed by atoms with E-state index in [1.807, 2.05) is 0 Å². The molecule has 0 spiro atoms. The molecule has 1 rings (SSSR count). The summed E-state index contributed by atoms with van der Waals surface area (Å²) in [5, 5.41) is 24.3. The third-order valence-electron chi connectivity index (χ3n) is 2.07. The number of halogens is 4. The quantitative estimate of drug-likeness (QED) is 0.823. The standard InChI is InChI=1S/C10H8FNO3.C2HF3O2/c1-15-9-3-6(4-10(13)14)8(11)2-7(9)5-12;3-2(4,5)1(6)7/h2-3H,4H2,1H3,(H,13,14);(H,6,7). The van der Waals surface area contributed by atoms with Crippen molar-refractivity contribution in [2.45, 2.75) is 12.6 Å². The average molecular weight is 323 g/mol. The minimum absolute atomic E-state index is 0.00153. The lowest BCUT2D eigenvalue weighted by atomic mass is 10.1. The van der Waals surface area contributed by atoms with Crippen molar-refractivity contribution in [3.63, 3.8) is 0 Å². The Balaban J connectivity index is 0.000000534. The van der Waals surface area contributed by atoms with Crippen molar-refractivity contribution < 1.29 is 42.1 Å². The highest BCUT2D eigenvalue weighted by molar-refractivity contribution is 5.73. The summed E-state index contributed by atoms with van der Waals surface area (Å²) in [4.78, 5) is 19.3. The van der Waals surface area contributed by atoms with Gasteiger partial charge in [-0.2, -0.15) is 18.4 Å². The van der Waals surface area contributed by atoms with Crippen LogP contribution in [0.25, 0.3) is 0 Å². The van der Waals surface area contributed by atoms with Crippen molar-refractivity contribution in [3.8, 4) is 11.8 Å². The Hall–Kier alpha value is -2.83. The van der Waals surface area contributed by atoms with Crippen molar-refractivity contribution >= 4 is 11.9 Å². The summed E-state index contributed by atoms with van der Waals surface area (Å²) >= 11 is 0. The minimum atomic E-state index is -5.08. The lowest BCUT2D eigenvalue weighted by Gasteiger charge is -2.06. The first kappa shape index (κ1) is 19.2. The van der Waals surface area contributed by atoms with Crippen LogP contribution in [0, 0.1) is 17.1 Å². The number of ether oxygens (including phenoxy) is 1. The van der Waals surface area contributed by atoms with Crippen LogP contribution < -0.4 is 4.74 Å². The zero-order valence-electron chi connectivity index (χ0n) is 10.9. The molecular formula is C12H9F4NO5. The SMILES string of the molecule is COc1cc(CC(=O)O)c(F)cc1C#N.O=C(O)C(F)(F)F. The van der Waals surface area contributed by atoms with E-state index in [0.29, 0.717) is 0 Å². The van der Waals surface area contributed by atoms with E-state index in [0.717, 1.165) is 6.07 Å². The lowest BCUT2D eigenvalue weighted by Crippen LogP contribution is -2.21. The predicted octanol–water partition coefficient (Wildman–Crippen LogP) is 1.97. The van der Waals surface area contributed by atoms with E-state index in [1.54, 1.807) is 6.07 Å². The molecule has 0 aliphatic carbocycles. The fraction of sp³-hybridized carbons (Fsp3) is 0.250. The number of hydrogen-bond acceptors (Lipinski definition) is 4. The average Bonchev–Trinajstić information content (AvgIpc) is 2.39. The number of rotatable bonds is 3.